The molecule has 0 N–H and O–H groups in total. The van der Waals surface area contributed by atoms with Crippen LogP contribution in [0, 0.1) is 5.92 Å². The number of aryl methyl sites for hydroxylation is 1. The molecule has 6 heteroatoms. The molecule has 0 spiro atoms. The van der Waals surface area contributed by atoms with Gasteiger partial charge in [-0.05, 0) is 62.4 Å². The van der Waals surface area contributed by atoms with Crippen molar-refractivity contribution in [3.8, 4) is 0 Å². The van der Waals surface area contributed by atoms with E-state index in [1.165, 1.54) is 0 Å². The lowest BCUT2D eigenvalue weighted by atomic mass is 9.85. The fraction of sp³-hybridized carbons (Fsp3) is 0.409. The van der Waals surface area contributed by atoms with Crippen molar-refractivity contribution in [1.82, 2.24) is 4.90 Å². The van der Waals surface area contributed by atoms with Crippen molar-refractivity contribution in [2.75, 3.05) is 18.5 Å². The van der Waals surface area contributed by atoms with Crippen LogP contribution in [0.25, 0.3) is 5.57 Å². The molecule has 3 aliphatic rings. The van der Waals surface area contributed by atoms with Gasteiger partial charge in [0.1, 0.15) is 11.3 Å². The molecule has 4 rings (SSSR count). The van der Waals surface area contributed by atoms with Crippen LogP contribution in [0.4, 0.5) is 10.5 Å². The normalized spacial score (nSPS) is 21.1. The van der Waals surface area contributed by atoms with Crippen molar-refractivity contribution >= 4 is 29.0 Å². The van der Waals surface area contributed by atoms with Gasteiger partial charge in [-0.2, -0.15) is 0 Å². The van der Waals surface area contributed by atoms with Crippen LogP contribution in [0.2, 0.25) is 0 Å². The molecule has 0 aliphatic carbocycles. The average molecular weight is 379 g/mol. The summed E-state index contributed by atoms with van der Waals surface area (Å²) < 4.78 is 5.57. The van der Waals surface area contributed by atoms with E-state index in [0.717, 1.165) is 35.2 Å². The summed E-state index contributed by atoms with van der Waals surface area (Å²) in [6.45, 7) is 6.28. The third kappa shape index (κ3) is 3.23. The molecule has 0 radical (unpaired) electrons. The maximum absolute atomic E-state index is 12.6. The number of carbonyl (C=O) groups excluding carboxylic acids is 2. The van der Waals surface area contributed by atoms with E-state index in [1.54, 1.807) is 23.0 Å². The van der Waals surface area contributed by atoms with Crippen molar-refractivity contribution in [2.45, 2.75) is 39.2 Å². The van der Waals surface area contributed by atoms with Gasteiger partial charge in [-0.3, -0.25) is 14.7 Å². The molecule has 3 aliphatic heterocycles. The smallest absolute Gasteiger partial charge is 0.414 e. The quantitative estimate of drug-likeness (QED) is 0.746. The number of anilines is 1. The van der Waals surface area contributed by atoms with Gasteiger partial charge < -0.3 is 9.64 Å². The maximum Gasteiger partial charge on any atom is 0.414 e. The molecule has 28 heavy (non-hydrogen) atoms. The molecule has 1 aromatic rings. The standard InChI is InChI=1S/C22H25N3O3/c1-22(2,3)28-21(27)25-11-5-6-15-12-14(7-8-18(15)25)17-13-24(4)20(26)19-16(17)9-10-23-19/h7-10,12-13,16H,5-6,11H2,1-4H3. The van der Waals surface area contributed by atoms with Crippen LogP contribution in [0.5, 0.6) is 0 Å². The van der Waals surface area contributed by atoms with Gasteiger partial charge in [0.15, 0.2) is 0 Å². The molecule has 1 aromatic carbocycles. The number of nitrogens with zero attached hydrogens (tertiary/aromatic N) is 3. The van der Waals surface area contributed by atoms with Gasteiger partial charge in [0.05, 0.1) is 11.6 Å². The van der Waals surface area contributed by atoms with Crippen molar-refractivity contribution in [3.05, 3.63) is 47.8 Å². The van der Waals surface area contributed by atoms with Crippen LogP contribution in [0.15, 0.2) is 41.7 Å². The summed E-state index contributed by atoms with van der Waals surface area (Å²) in [5, 5.41) is 0. The molecule has 0 saturated carbocycles. The topological polar surface area (TPSA) is 62.2 Å². The van der Waals surface area contributed by atoms with Crippen molar-refractivity contribution in [2.24, 2.45) is 10.9 Å². The van der Waals surface area contributed by atoms with E-state index in [-0.39, 0.29) is 17.9 Å². The van der Waals surface area contributed by atoms with Gasteiger partial charge >= 0.3 is 6.09 Å². The van der Waals surface area contributed by atoms with E-state index in [2.05, 4.69) is 11.1 Å². The number of allylic oxidation sites excluding steroid dienone is 2. The highest BCUT2D eigenvalue weighted by molar-refractivity contribution is 6.44. The van der Waals surface area contributed by atoms with Crippen LogP contribution in [0.1, 0.15) is 38.3 Å². The molecule has 1 unspecified atom stereocenters. The Hall–Kier alpha value is -2.89. The average Bonchev–Trinajstić information content (AvgIpc) is 3.12. The second kappa shape index (κ2) is 6.62. The summed E-state index contributed by atoms with van der Waals surface area (Å²) in [4.78, 5) is 32.5. The third-order valence-electron chi connectivity index (χ3n) is 5.14. The summed E-state index contributed by atoms with van der Waals surface area (Å²) in [7, 11) is 1.75. The largest absolute Gasteiger partial charge is 0.443 e. The number of ether oxygens (including phenoxy) is 1. The Bertz CT molecular complexity index is 937. The van der Waals surface area contributed by atoms with E-state index in [4.69, 9.17) is 4.74 Å². The second-order valence-corrected chi connectivity index (χ2v) is 8.41. The number of hydrogen-bond donors (Lipinski definition) is 0. The first-order valence-electron chi connectivity index (χ1n) is 9.62. The van der Waals surface area contributed by atoms with Gasteiger partial charge in [-0.25, -0.2) is 4.79 Å². The summed E-state index contributed by atoms with van der Waals surface area (Å²) in [6.07, 6.45) is 7.04. The number of aliphatic imine (C=N–C) groups is 1. The Morgan fingerprint density at radius 2 is 2.07 bits per heavy atom. The van der Waals surface area contributed by atoms with Gasteiger partial charge in [0.25, 0.3) is 5.91 Å². The Labute approximate surface area is 165 Å². The van der Waals surface area contributed by atoms with E-state index in [0.29, 0.717) is 12.3 Å². The number of fused-ring (bicyclic) bond motifs is 2. The van der Waals surface area contributed by atoms with Crippen LogP contribution in [0.3, 0.4) is 0 Å². The first-order chi connectivity index (χ1) is 13.2. The summed E-state index contributed by atoms with van der Waals surface area (Å²) in [5.41, 5.74) is 4.16. The second-order valence-electron chi connectivity index (χ2n) is 8.41. The molecule has 3 heterocycles. The Kier molecular flexibility index (Phi) is 4.37. The van der Waals surface area contributed by atoms with Crippen LogP contribution in [-0.4, -0.2) is 41.8 Å². The minimum Gasteiger partial charge on any atom is -0.443 e. The number of hydrogen-bond acceptors (Lipinski definition) is 4. The monoisotopic (exact) mass is 379 g/mol. The molecule has 0 saturated heterocycles. The summed E-state index contributed by atoms with van der Waals surface area (Å²) in [6, 6.07) is 6.13. The Morgan fingerprint density at radius 3 is 2.82 bits per heavy atom. The fourth-order valence-electron chi connectivity index (χ4n) is 3.89. The highest BCUT2D eigenvalue weighted by Crippen LogP contribution is 2.37. The van der Waals surface area contributed by atoms with Gasteiger partial charge in [-0.1, -0.05) is 12.1 Å². The molecule has 6 nitrogen and oxygen atoms in total. The van der Waals surface area contributed by atoms with Crippen LogP contribution >= 0.6 is 0 Å². The highest BCUT2D eigenvalue weighted by Gasteiger charge is 2.34. The lowest BCUT2D eigenvalue weighted by molar-refractivity contribution is -0.121. The Morgan fingerprint density at radius 1 is 1.29 bits per heavy atom. The van der Waals surface area contributed by atoms with Gasteiger partial charge in [0, 0.05) is 26.0 Å². The van der Waals surface area contributed by atoms with E-state index < -0.39 is 5.60 Å². The van der Waals surface area contributed by atoms with Crippen molar-refractivity contribution < 1.29 is 14.3 Å². The summed E-state index contributed by atoms with van der Waals surface area (Å²) >= 11 is 0. The SMILES string of the molecule is CN1C=C(c2ccc3c(c2)CCCN3C(=O)OC(C)(C)C)C2C=CN=C2C1=O. The minimum absolute atomic E-state index is 0.0622. The van der Waals surface area contributed by atoms with Crippen LogP contribution in [-0.2, 0) is 16.0 Å². The predicted molar refractivity (Wildman–Crippen MR) is 109 cm³/mol. The molecule has 0 aromatic heterocycles. The van der Waals surface area contributed by atoms with Crippen molar-refractivity contribution in [3.63, 3.8) is 0 Å². The minimum atomic E-state index is -0.525. The zero-order valence-corrected chi connectivity index (χ0v) is 16.7. The Balaban J connectivity index is 1.67. The molecular formula is C22H25N3O3. The summed E-state index contributed by atoms with van der Waals surface area (Å²) in [5.74, 6) is -0.167. The van der Waals surface area contributed by atoms with Gasteiger partial charge in [0.2, 0.25) is 0 Å². The number of amides is 2. The van der Waals surface area contributed by atoms with Crippen molar-refractivity contribution in [1.29, 1.82) is 0 Å². The highest BCUT2D eigenvalue weighted by atomic mass is 16.6. The molecule has 1 atom stereocenters. The lowest BCUT2D eigenvalue weighted by Crippen LogP contribution is -2.40. The molecule has 0 fully saturated rings. The fourth-order valence-corrected chi connectivity index (χ4v) is 3.89. The lowest BCUT2D eigenvalue weighted by Gasteiger charge is -2.32. The number of carbonyl (C=O) groups is 2. The molecule has 146 valence electrons. The molecular weight excluding hydrogens is 354 g/mol. The zero-order valence-electron chi connectivity index (χ0n) is 16.7. The first kappa shape index (κ1) is 18.5. The number of benzene rings is 1. The van der Waals surface area contributed by atoms with E-state index >= 15 is 0 Å². The third-order valence-corrected chi connectivity index (χ3v) is 5.14. The van der Waals surface area contributed by atoms with E-state index in [9.17, 15) is 9.59 Å². The first-order valence-corrected chi connectivity index (χ1v) is 9.62. The van der Waals surface area contributed by atoms with Gasteiger partial charge in [-0.15, -0.1) is 0 Å². The maximum atomic E-state index is 12.6. The predicted octanol–water partition coefficient (Wildman–Crippen LogP) is 3.77. The van der Waals surface area contributed by atoms with E-state index in [1.807, 2.05) is 45.2 Å². The molecule has 2 amide bonds. The van der Waals surface area contributed by atoms with Crippen LogP contribution < -0.4 is 4.90 Å². The number of rotatable bonds is 1. The zero-order chi connectivity index (χ0) is 20.1. The molecule has 0 bridgehead atoms.